The number of hydrogen-bond acceptors (Lipinski definition) is 3. The van der Waals surface area contributed by atoms with Crippen molar-refractivity contribution >= 4 is 16.7 Å². The summed E-state index contributed by atoms with van der Waals surface area (Å²) < 4.78 is 11.3. The van der Waals surface area contributed by atoms with Gasteiger partial charge in [-0.05, 0) is 57.6 Å². The molecule has 5 aromatic rings. The highest BCUT2D eigenvalue weighted by molar-refractivity contribution is 5.84. The molecule has 0 aliphatic rings. The minimum Gasteiger partial charge on any atom is -0.490 e. The lowest BCUT2D eigenvalue weighted by atomic mass is 9.65. The molecule has 0 bridgehead atoms. The van der Waals surface area contributed by atoms with E-state index in [4.69, 9.17) is 9.47 Å². The number of hydrogen-bond donors (Lipinski definition) is 0. The van der Waals surface area contributed by atoms with Crippen LogP contribution in [0.5, 0.6) is 5.75 Å². The van der Waals surface area contributed by atoms with Crippen LogP contribution >= 0.6 is 0 Å². The van der Waals surface area contributed by atoms with Gasteiger partial charge in [-0.3, -0.25) is 4.79 Å². The van der Waals surface area contributed by atoms with Gasteiger partial charge in [0.05, 0.1) is 11.3 Å². The molecule has 196 valence electrons. The van der Waals surface area contributed by atoms with Gasteiger partial charge in [-0.25, -0.2) is 0 Å². The van der Waals surface area contributed by atoms with Crippen LogP contribution in [-0.2, 0) is 14.9 Å². The Bertz CT molecular complexity index is 1470. The molecule has 0 saturated carbocycles. The summed E-state index contributed by atoms with van der Waals surface area (Å²) in [6, 6.07) is 44.9. The lowest BCUT2D eigenvalue weighted by molar-refractivity contribution is -0.148. The zero-order valence-electron chi connectivity index (χ0n) is 22.5. The van der Waals surface area contributed by atoms with Gasteiger partial charge in [0.1, 0.15) is 19.0 Å². The third-order valence-electron chi connectivity index (χ3n) is 7.49. The van der Waals surface area contributed by atoms with Crippen molar-refractivity contribution in [1.82, 2.24) is 0 Å². The molecular formula is C36H34O3. The van der Waals surface area contributed by atoms with E-state index in [0.29, 0.717) is 6.61 Å². The Hall–Kier alpha value is -4.37. The van der Waals surface area contributed by atoms with Crippen LogP contribution in [-0.4, -0.2) is 19.2 Å². The summed E-state index contributed by atoms with van der Waals surface area (Å²) in [6.07, 6.45) is 0.767. The fourth-order valence-electron chi connectivity index (χ4n) is 5.21. The molecule has 0 saturated heterocycles. The van der Waals surface area contributed by atoms with Crippen molar-refractivity contribution < 1.29 is 14.3 Å². The second kappa shape index (κ2) is 12.0. The second-order valence-corrected chi connectivity index (χ2v) is 9.89. The van der Waals surface area contributed by atoms with E-state index in [2.05, 4.69) is 115 Å². The predicted molar refractivity (Wildman–Crippen MR) is 158 cm³/mol. The Morgan fingerprint density at radius 1 is 0.641 bits per heavy atom. The number of fused-ring (bicyclic) bond motifs is 1. The Labute approximate surface area is 231 Å². The van der Waals surface area contributed by atoms with Gasteiger partial charge in [0.2, 0.25) is 0 Å². The van der Waals surface area contributed by atoms with Gasteiger partial charge in [-0.15, -0.1) is 0 Å². The first-order valence-corrected chi connectivity index (χ1v) is 13.6. The average molecular weight is 515 g/mol. The van der Waals surface area contributed by atoms with Gasteiger partial charge in [-0.2, -0.15) is 0 Å². The van der Waals surface area contributed by atoms with E-state index < -0.39 is 5.41 Å². The molecule has 5 rings (SSSR count). The molecular weight excluding hydrogens is 480 g/mol. The molecule has 0 N–H and O–H groups in total. The van der Waals surface area contributed by atoms with Crippen molar-refractivity contribution in [2.24, 2.45) is 5.92 Å². The largest absolute Gasteiger partial charge is 0.490 e. The number of ether oxygens (including phenoxy) is 2. The highest BCUT2D eigenvalue weighted by atomic mass is 16.6. The van der Waals surface area contributed by atoms with Crippen LogP contribution in [0.4, 0.5) is 0 Å². The average Bonchev–Trinajstić information content (AvgIpc) is 3.01. The highest BCUT2D eigenvalue weighted by Gasteiger charge is 2.38. The van der Waals surface area contributed by atoms with Gasteiger partial charge in [0.15, 0.2) is 0 Å². The highest BCUT2D eigenvalue weighted by Crippen LogP contribution is 2.46. The molecule has 0 heterocycles. The van der Waals surface area contributed by atoms with Crippen LogP contribution in [0.15, 0.2) is 127 Å². The molecule has 3 heteroatoms. The third-order valence-corrected chi connectivity index (χ3v) is 7.49. The maximum Gasteiger partial charge on any atom is 0.308 e. The van der Waals surface area contributed by atoms with Crippen molar-refractivity contribution in [1.29, 1.82) is 0 Å². The van der Waals surface area contributed by atoms with Crippen LogP contribution in [0.3, 0.4) is 0 Å². The molecule has 1 atom stereocenters. The van der Waals surface area contributed by atoms with Crippen molar-refractivity contribution in [2.45, 2.75) is 25.7 Å². The van der Waals surface area contributed by atoms with Gasteiger partial charge in [-0.1, -0.05) is 123 Å². The Morgan fingerprint density at radius 3 is 1.79 bits per heavy atom. The van der Waals surface area contributed by atoms with Gasteiger partial charge in [0.25, 0.3) is 0 Å². The van der Waals surface area contributed by atoms with Crippen molar-refractivity contribution in [2.75, 3.05) is 13.2 Å². The minimum absolute atomic E-state index is 0.0940. The summed E-state index contributed by atoms with van der Waals surface area (Å²) in [5.41, 5.74) is 4.20. The van der Waals surface area contributed by atoms with Crippen molar-refractivity contribution in [3.05, 3.63) is 150 Å². The fraction of sp³-hybridized carbons (Fsp3) is 0.194. The first-order chi connectivity index (χ1) is 19.1. The summed E-state index contributed by atoms with van der Waals surface area (Å²) in [4.78, 5) is 11.9. The number of rotatable bonds is 10. The molecule has 0 radical (unpaired) electrons. The summed E-state index contributed by atoms with van der Waals surface area (Å²) in [7, 11) is 0. The summed E-state index contributed by atoms with van der Waals surface area (Å²) in [5, 5.41) is 2.42. The van der Waals surface area contributed by atoms with E-state index in [9.17, 15) is 4.79 Å². The van der Waals surface area contributed by atoms with E-state index >= 15 is 0 Å². The molecule has 1 unspecified atom stereocenters. The zero-order chi connectivity index (χ0) is 27.1. The normalized spacial score (nSPS) is 12.2. The van der Waals surface area contributed by atoms with Crippen LogP contribution in [0.25, 0.3) is 10.8 Å². The monoisotopic (exact) mass is 514 g/mol. The van der Waals surface area contributed by atoms with Crippen molar-refractivity contribution in [3.8, 4) is 5.75 Å². The van der Waals surface area contributed by atoms with E-state index in [-0.39, 0.29) is 18.5 Å². The maximum atomic E-state index is 11.9. The van der Waals surface area contributed by atoms with Crippen LogP contribution in [0.2, 0.25) is 0 Å². The lowest BCUT2D eigenvalue weighted by Crippen LogP contribution is -2.31. The molecule has 0 aromatic heterocycles. The van der Waals surface area contributed by atoms with Gasteiger partial charge in [0, 0.05) is 0 Å². The third kappa shape index (κ3) is 5.44. The fourth-order valence-corrected chi connectivity index (χ4v) is 5.21. The van der Waals surface area contributed by atoms with Crippen molar-refractivity contribution in [3.63, 3.8) is 0 Å². The summed E-state index contributed by atoms with van der Waals surface area (Å²) in [6.45, 7) is 4.41. The smallest absolute Gasteiger partial charge is 0.308 e. The van der Waals surface area contributed by atoms with Gasteiger partial charge < -0.3 is 9.47 Å². The Balaban J connectivity index is 1.55. The van der Waals surface area contributed by atoms with Crippen LogP contribution in [0.1, 0.15) is 42.5 Å². The van der Waals surface area contributed by atoms with Crippen LogP contribution < -0.4 is 4.74 Å². The summed E-state index contributed by atoms with van der Waals surface area (Å²) in [5.74, 6) is 0.470. The standard InChI is InChI=1S/C36H34O3/c1-3-27(2)35(37)39-25-24-38-34-22-20-32(21-23-34)36(30-14-6-4-7-15-30,31-16-8-5-9-17-31)33-19-18-28-12-10-11-13-29(28)26-33/h4-23,26-27H,3,24-25H2,1-2H3. The lowest BCUT2D eigenvalue weighted by Gasteiger charge is -2.37. The Morgan fingerprint density at radius 2 is 1.18 bits per heavy atom. The van der Waals surface area contributed by atoms with E-state index in [0.717, 1.165) is 17.7 Å². The molecule has 3 nitrogen and oxygen atoms in total. The second-order valence-electron chi connectivity index (χ2n) is 9.89. The number of carbonyl (C=O) groups excluding carboxylic acids is 1. The van der Waals surface area contributed by atoms with E-state index in [1.807, 2.05) is 26.0 Å². The molecule has 0 amide bonds. The molecule has 39 heavy (non-hydrogen) atoms. The molecule has 0 aliphatic heterocycles. The SMILES string of the molecule is CCC(C)C(=O)OCCOc1ccc(C(c2ccccc2)(c2ccccc2)c2ccc3ccccc3c2)cc1. The van der Waals surface area contributed by atoms with Crippen LogP contribution in [0, 0.1) is 5.92 Å². The quantitative estimate of drug-likeness (QED) is 0.107. The summed E-state index contributed by atoms with van der Waals surface area (Å²) >= 11 is 0. The van der Waals surface area contributed by atoms with E-state index in [1.54, 1.807) is 0 Å². The molecule has 5 aromatic carbocycles. The maximum absolute atomic E-state index is 11.9. The first kappa shape index (κ1) is 26.2. The zero-order valence-corrected chi connectivity index (χ0v) is 22.5. The molecule has 0 aliphatic carbocycles. The minimum atomic E-state index is -0.531. The van der Waals surface area contributed by atoms with Gasteiger partial charge >= 0.3 is 5.97 Å². The molecule has 0 fully saturated rings. The predicted octanol–water partition coefficient (Wildman–Crippen LogP) is 8.19. The number of benzene rings is 5. The Kier molecular flexibility index (Phi) is 8.07. The number of esters is 1. The first-order valence-electron chi connectivity index (χ1n) is 13.6. The topological polar surface area (TPSA) is 35.5 Å². The number of carbonyl (C=O) groups is 1. The molecule has 0 spiro atoms. The van der Waals surface area contributed by atoms with E-state index in [1.165, 1.54) is 27.5 Å².